The minimum absolute atomic E-state index is 0.170. The molecule has 0 aliphatic heterocycles. The second-order valence-electron chi connectivity index (χ2n) is 4.71. The van der Waals surface area contributed by atoms with Crippen LogP contribution in [0, 0.1) is 6.92 Å². The summed E-state index contributed by atoms with van der Waals surface area (Å²) in [4.78, 5) is 38.4. The largest absolute Gasteiger partial charge is 0.462 e. The summed E-state index contributed by atoms with van der Waals surface area (Å²) in [5.41, 5.74) is 6.03. The molecular weight excluding hydrogens is 318 g/mol. The molecule has 3 N–H and O–H groups in total. The first-order chi connectivity index (χ1) is 10.9. The number of esters is 1. The van der Waals surface area contributed by atoms with Gasteiger partial charge in [0.2, 0.25) is 5.91 Å². The number of rotatable bonds is 7. The molecule has 128 valence electrons. The van der Waals surface area contributed by atoms with E-state index in [4.69, 9.17) is 10.5 Å². The highest BCUT2D eigenvalue weighted by Crippen LogP contribution is 2.34. The summed E-state index contributed by atoms with van der Waals surface area (Å²) in [6.45, 7) is 8.26. The molecular formula is C15H23N3O4S. The predicted molar refractivity (Wildman–Crippen MR) is 89.9 cm³/mol. The van der Waals surface area contributed by atoms with Crippen LogP contribution in [0.5, 0.6) is 0 Å². The van der Waals surface area contributed by atoms with Gasteiger partial charge in [0.05, 0.1) is 23.6 Å². The van der Waals surface area contributed by atoms with Gasteiger partial charge in [0.25, 0.3) is 5.91 Å². The first kappa shape index (κ1) is 19.1. The van der Waals surface area contributed by atoms with E-state index in [1.165, 1.54) is 0 Å². The monoisotopic (exact) mass is 341 g/mol. The predicted octanol–water partition coefficient (Wildman–Crippen LogP) is 1.61. The van der Waals surface area contributed by atoms with Gasteiger partial charge in [-0.25, -0.2) is 4.79 Å². The number of hydrogen-bond acceptors (Lipinski definition) is 6. The van der Waals surface area contributed by atoms with Crippen molar-refractivity contribution in [2.24, 2.45) is 5.73 Å². The molecule has 0 saturated carbocycles. The van der Waals surface area contributed by atoms with Crippen molar-refractivity contribution in [1.29, 1.82) is 0 Å². The molecule has 0 atom stereocenters. The van der Waals surface area contributed by atoms with E-state index >= 15 is 0 Å². The molecule has 7 nitrogen and oxygen atoms in total. The third-order valence-corrected chi connectivity index (χ3v) is 4.50. The lowest BCUT2D eigenvalue weighted by atomic mass is 10.1. The second-order valence-corrected chi connectivity index (χ2v) is 5.73. The highest BCUT2D eigenvalue weighted by Gasteiger charge is 2.27. The summed E-state index contributed by atoms with van der Waals surface area (Å²) in [5.74, 6) is -1.16. The SMILES string of the molecule is CCOC(=O)c1c(NC(=O)CN)sc(C(=O)N(CC)CC)c1C. The van der Waals surface area contributed by atoms with E-state index in [1.54, 1.807) is 18.7 Å². The minimum Gasteiger partial charge on any atom is -0.462 e. The van der Waals surface area contributed by atoms with Gasteiger partial charge in [-0.15, -0.1) is 11.3 Å². The van der Waals surface area contributed by atoms with Gasteiger partial charge in [0, 0.05) is 13.1 Å². The first-order valence-corrected chi connectivity index (χ1v) is 8.32. The van der Waals surface area contributed by atoms with Crippen LogP contribution < -0.4 is 11.1 Å². The molecule has 0 bridgehead atoms. The molecule has 0 radical (unpaired) electrons. The second kappa shape index (κ2) is 8.64. The molecule has 0 aliphatic carbocycles. The van der Waals surface area contributed by atoms with Gasteiger partial charge in [-0.2, -0.15) is 0 Å². The van der Waals surface area contributed by atoms with Crippen LogP contribution in [0.2, 0.25) is 0 Å². The molecule has 0 spiro atoms. The normalized spacial score (nSPS) is 10.3. The third-order valence-electron chi connectivity index (χ3n) is 3.31. The van der Waals surface area contributed by atoms with Crippen LogP contribution in [0.3, 0.4) is 0 Å². The summed E-state index contributed by atoms with van der Waals surface area (Å²) < 4.78 is 5.03. The van der Waals surface area contributed by atoms with Crippen LogP contribution in [-0.2, 0) is 9.53 Å². The van der Waals surface area contributed by atoms with Gasteiger partial charge < -0.3 is 20.7 Å². The van der Waals surface area contributed by atoms with Crippen LogP contribution in [-0.4, -0.2) is 48.9 Å². The number of thiophene rings is 1. The molecule has 2 amide bonds. The van der Waals surface area contributed by atoms with Crippen molar-refractivity contribution in [2.45, 2.75) is 27.7 Å². The summed E-state index contributed by atoms with van der Waals surface area (Å²) in [6, 6.07) is 0. The van der Waals surface area contributed by atoms with Gasteiger partial charge in [0.1, 0.15) is 5.00 Å². The summed E-state index contributed by atoms with van der Waals surface area (Å²) in [5, 5.41) is 2.87. The average Bonchev–Trinajstić information content (AvgIpc) is 2.84. The molecule has 23 heavy (non-hydrogen) atoms. The first-order valence-electron chi connectivity index (χ1n) is 7.50. The van der Waals surface area contributed by atoms with E-state index in [1.807, 2.05) is 13.8 Å². The van der Waals surface area contributed by atoms with Crippen molar-refractivity contribution in [1.82, 2.24) is 4.90 Å². The fourth-order valence-electron chi connectivity index (χ4n) is 2.09. The molecule has 0 fully saturated rings. The molecule has 1 rings (SSSR count). The summed E-state index contributed by atoms with van der Waals surface area (Å²) >= 11 is 1.07. The molecule has 1 aromatic rings. The van der Waals surface area contributed by atoms with Crippen LogP contribution in [0.4, 0.5) is 5.00 Å². The van der Waals surface area contributed by atoms with Crippen molar-refractivity contribution in [3.63, 3.8) is 0 Å². The number of carbonyl (C=O) groups excluding carboxylic acids is 3. The lowest BCUT2D eigenvalue weighted by Crippen LogP contribution is -2.30. The van der Waals surface area contributed by atoms with E-state index in [2.05, 4.69) is 5.32 Å². The van der Waals surface area contributed by atoms with Gasteiger partial charge in [-0.3, -0.25) is 9.59 Å². The highest BCUT2D eigenvalue weighted by atomic mass is 32.1. The van der Waals surface area contributed by atoms with E-state index < -0.39 is 11.9 Å². The number of nitrogens with zero attached hydrogens (tertiary/aromatic N) is 1. The average molecular weight is 341 g/mol. The Kier molecular flexibility index (Phi) is 7.18. The highest BCUT2D eigenvalue weighted by molar-refractivity contribution is 7.18. The van der Waals surface area contributed by atoms with Crippen molar-refractivity contribution < 1.29 is 19.1 Å². The topological polar surface area (TPSA) is 102 Å². The van der Waals surface area contributed by atoms with E-state index in [-0.39, 0.29) is 24.6 Å². The van der Waals surface area contributed by atoms with E-state index in [9.17, 15) is 14.4 Å². The molecule has 1 aromatic heterocycles. The summed E-state index contributed by atoms with van der Waals surface area (Å²) in [6.07, 6.45) is 0. The van der Waals surface area contributed by atoms with Crippen molar-refractivity contribution >= 4 is 34.1 Å². The zero-order valence-corrected chi connectivity index (χ0v) is 14.7. The van der Waals surface area contributed by atoms with Crippen LogP contribution in [0.15, 0.2) is 0 Å². The fraction of sp³-hybridized carbons (Fsp3) is 0.533. The fourth-order valence-corrected chi connectivity index (χ4v) is 3.27. The zero-order valence-electron chi connectivity index (χ0n) is 13.9. The molecule has 8 heteroatoms. The number of hydrogen-bond donors (Lipinski definition) is 2. The van der Waals surface area contributed by atoms with Crippen molar-refractivity contribution in [2.75, 3.05) is 31.6 Å². The number of nitrogens with two attached hydrogens (primary N) is 1. The maximum Gasteiger partial charge on any atom is 0.341 e. The lowest BCUT2D eigenvalue weighted by Gasteiger charge is -2.18. The van der Waals surface area contributed by atoms with Crippen LogP contribution >= 0.6 is 11.3 Å². The van der Waals surface area contributed by atoms with Gasteiger partial charge in [-0.1, -0.05) is 0 Å². The Morgan fingerprint density at radius 1 is 1.22 bits per heavy atom. The Hall–Kier alpha value is -1.93. The number of carbonyl (C=O) groups is 3. The number of ether oxygens (including phenoxy) is 1. The molecule has 0 unspecified atom stereocenters. The smallest absolute Gasteiger partial charge is 0.341 e. The Morgan fingerprint density at radius 2 is 1.83 bits per heavy atom. The molecule has 0 aromatic carbocycles. The molecule has 1 heterocycles. The zero-order chi connectivity index (χ0) is 17.6. The minimum atomic E-state index is -0.563. The standard InChI is InChI=1S/C15H23N3O4S/c1-5-18(6-2)14(20)12-9(4)11(15(21)22-7-3)13(23-12)17-10(19)8-16/h5-8,16H2,1-4H3,(H,17,19). The maximum atomic E-state index is 12.6. The van der Waals surface area contributed by atoms with Crippen molar-refractivity contribution in [3.05, 3.63) is 16.0 Å². The Balaban J connectivity index is 3.33. The van der Waals surface area contributed by atoms with Gasteiger partial charge in [0.15, 0.2) is 0 Å². The Labute approximate surface area is 139 Å². The summed E-state index contributed by atoms with van der Waals surface area (Å²) in [7, 11) is 0. The van der Waals surface area contributed by atoms with Crippen molar-refractivity contribution in [3.8, 4) is 0 Å². The van der Waals surface area contributed by atoms with E-state index in [0.717, 1.165) is 11.3 Å². The van der Waals surface area contributed by atoms with Gasteiger partial charge >= 0.3 is 5.97 Å². The van der Waals surface area contributed by atoms with Gasteiger partial charge in [-0.05, 0) is 33.3 Å². The quantitative estimate of drug-likeness (QED) is 0.734. The molecule has 0 saturated heterocycles. The Bertz CT molecular complexity index is 594. The number of amides is 2. The maximum absolute atomic E-state index is 12.6. The van der Waals surface area contributed by atoms with Crippen LogP contribution in [0.25, 0.3) is 0 Å². The van der Waals surface area contributed by atoms with E-state index in [0.29, 0.717) is 28.5 Å². The van der Waals surface area contributed by atoms with Crippen LogP contribution in [0.1, 0.15) is 46.4 Å². The third kappa shape index (κ3) is 4.29. The molecule has 0 aliphatic rings. The lowest BCUT2D eigenvalue weighted by molar-refractivity contribution is -0.114. The Morgan fingerprint density at radius 3 is 2.30 bits per heavy atom. The number of anilines is 1. The number of nitrogens with one attached hydrogen (secondary N) is 1.